The van der Waals surface area contributed by atoms with Gasteiger partial charge in [-0.05, 0) is 35.0 Å². The van der Waals surface area contributed by atoms with Crippen molar-refractivity contribution in [1.29, 1.82) is 0 Å². The number of nitrogens with zero attached hydrogens (tertiary/aromatic N) is 4. The third kappa shape index (κ3) is 3.67. The van der Waals surface area contributed by atoms with E-state index in [9.17, 15) is 14.4 Å². The molecular weight excluding hydrogens is 504 g/mol. The van der Waals surface area contributed by atoms with Crippen molar-refractivity contribution in [2.75, 3.05) is 0 Å². The van der Waals surface area contributed by atoms with E-state index in [0.717, 1.165) is 5.01 Å². The van der Waals surface area contributed by atoms with Crippen LogP contribution in [0.25, 0.3) is 22.3 Å². The van der Waals surface area contributed by atoms with Crippen LogP contribution in [0.2, 0.25) is 0 Å². The van der Waals surface area contributed by atoms with E-state index in [2.05, 4.69) is 41.9 Å². The van der Waals surface area contributed by atoms with Crippen LogP contribution >= 0.6 is 31.9 Å². The number of halogens is 2. The molecule has 2 aromatic carbocycles. The molecule has 146 valence electrons. The van der Waals surface area contributed by atoms with Crippen LogP contribution in [0, 0.1) is 0 Å². The number of imide groups is 1. The van der Waals surface area contributed by atoms with Gasteiger partial charge in [0.2, 0.25) is 0 Å². The van der Waals surface area contributed by atoms with E-state index >= 15 is 0 Å². The highest BCUT2D eigenvalue weighted by atomic mass is 79.9. The van der Waals surface area contributed by atoms with E-state index in [-0.39, 0.29) is 18.5 Å². The Hall–Kier alpha value is -2.65. The Balaban J connectivity index is 1.91. The lowest BCUT2D eigenvalue weighted by molar-refractivity contribution is -0.143. The minimum absolute atomic E-state index is 0.0993. The number of aromatic nitrogens is 2. The van der Waals surface area contributed by atoms with E-state index in [0.29, 0.717) is 36.9 Å². The Morgan fingerprint density at radius 1 is 1.14 bits per heavy atom. The first-order chi connectivity index (χ1) is 13.8. The minimum Gasteiger partial charge on any atom is -0.282 e. The Morgan fingerprint density at radius 2 is 1.86 bits per heavy atom. The van der Waals surface area contributed by atoms with Gasteiger partial charge in [-0.2, -0.15) is 10.1 Å². The Bertz CT molecular complexity index is 1250. The van der Waals surface area contributed by atoms with Gasteiger partial charge < -0.3 is 0 Å². The largest absolute Gasteiger partial charge is 0.282 e. The number of hydrogen-bond donors (Lipinski definition) is 0. The number of carbonyl (C=O) groups is 2. The summed E-state index contributed by atoms with van der Waals surface area (Å²) in [4.78, 5) is 42.8. The van der Waals surface area contributed by atoms with Gasteiger partial charge in [0.1, 0.15) is 12.4 Å². The fourth-order valence-electron chi connectivity index (χ4n) is 3.16. The molecule has 0 atom stereocenters. The van der Waals surface area contributed by atoms with E-state index in [1.54, 1.807) is 19.1 Å². The molecule has 0 radical (unpaired) electrons. The Kier molecular flexibility index (Phi) is 5.18. The summed E-state index contributed by atoms with van der Waals surface area (Å²) < 4.78 is 2.65. The van der Waals surface area contributed by atoms with Crippen molar-refractivity contribution in [2.45, 2.75) is 19.9 Å². The summed E-state index contributed by atoms with van der Waals surface area (Å²) in [7, 11) is 0. The van der Waals surface area contributed by atoms with Crippen LogP contribution in [0.15, 0.2) is 61.3 Å². The zero-order valence-corrected chi connectivity index (χ0v) is 18.4. The number of carbonyl (C=O) groups excluding carboxylic acids is 2. The predicted molar refractivity (Wildman–Crippen MR) is 116 cm³/mol. The number of amides is 2. The average molecular weight is 518 g/mol. The van der Waals surface area contributed by atoms with Crippen molar-refractivity contribution in [3.8, 4) is 11.4 Å². The predicted octanol–water partition coefficient (Wildman–Crippen LogP) is 3.72. The third-order valence-electron chi connectivity index (χ3n) is 4.45. The fourth-order valence-corrected chi connectivity index (χ4v) is 4.47. The molecule has 0 aliphatic carbocycles. The van der Waals surface area contributed by atoms with Crippen molar-refractivity contribution in [2.24, 2.45) is 5.10 Å². The van der Waals surface area contributed by atoms with Crippen LogP contribution in [0.3, 0.4) is 0 Å². The molecule has 2 heterocycles. The molecule has 0 unspecified atom stereocenters. The van der Waals surface area contributed by atoms with Gasteiger partial charge in [-0.1, -0.05) is 46.3 Å². The highest BCUT2D eigenvalue weighted by molar-refractivity contribution is 9.11. The Labute approximate surface area is 182 Å². The lowest BCUT2D eigenvalue weighted by atomic mass is 10.1. The quantitative estimate of drug-likeness (QED) is 0.530. The maximum atomic E-state index is 13.3. The second kappa shape index (κ2) is 7.64. The van der Waals surface area contributed by atoms with Crippen LogP contribution in [-0.4, -0.2) is 32.1 Å². The van der Waals surface area contributed by atoms with Crippen molar-refractivity contribution >= 4 is 60.3 Å². The molecule has 0 spiro atoms. The summed E-state index contributed by atoms with van der Waals surface area (Å²) in [5, 5.41) is 5.17. The standard InChI is InChI=1S/C20H14Br2N4O3/c1-11-7-16(27)26(24-11)17(28)10-25-19(12-5-3-2-4-6-12)23-18-14(20(25)29)8-13(21)9-15(18)22/h2-6,8-9H,7,10H2,1H3. The molecule has 1 aliphatic rings. The van der Waals surface area contributed by atoms with Crippen LogP contribution in [-0.2, 0) is 16.1 Å². The number of fused-ring (bicyclic) bond motifs is 1. The highest BCUT2D eigenvalue weighted by Crippen LogP contribution is 2.28. The van der Waals surface area contributed by atoms with Crippen molar-refractivity contribution < 1.29 is 9.59 Å². The van der Waals surface area contributed by atoms with Crippen molar-refractivity contribution in [1.82, 2.24) is 14.6 Å². The first-order valence-corrected chi connectivity index (χ1v) is 10.3. The van der Waals surface area contributed by atoms with Gasteiger partial charge in [-0.25, -0.2) is 4.98 Å². The highest BCUT2D eigenvalue weighted by Gasteiger charge is 2.28. The van der Waals surface area contributed by atoms with Gasteiger partial charge in [-0.3, -0.25) is 19.0 Å². The summed E-state index contributed by atoms with van der Waals surface area (Å²) in [6, 6.07) is 12.6. The van der Waals surface area contributed by atoms with Gasteiger partial charge in [0.25, 0.3) is 17.4 Å². The van der Waals surface area contributed by atoms with Gasteiger partial charge in [0, 0.05) is 20.2 Å². The van der Waals surface area contributed by atoms with Crippen LogP contribution in [0.4, 0.5) is 0 Å². The molecule has 7 nitrogen and oxygen atoms in total. The topological polar surface area (TPSA) is 84.6 Å². The smallest absolute Gasteiger partial charge is 0.270 e. The van der Waals surface area contributed by atoms with Crippen molar-refractivity contribution in [3.63, 3.8) is 0 Å². The number of benzene rings is 2. The number of hydrazone groups is 1. The summed E-state index contributed by atoms with van der Waals surface area (Å²) in [6.07, 6.45) is 0.0993. The monoisotopic (exact) mass is 516 g/mol. The molecule has 0 saturated carbocycles. The average Bonchev–Trinajstić information content (AvgIpc) is 3.03. The second-order valence-corrected chi connectivity index (χ2v) is 8.36. The molecule has 1 aromatic heterocycles. The molecule has 1 aliphatic heterocycles. The van der Waals surface area contributed by atoms with E-state index in [1.807, 2.05) is 30.3 Å². The summed E-state index contributed by atoms with van der Waals surface area (Å²) in [5.41, 5.74) is 1.36. The van der Waals surface area contributed by atoms with E-state index in [1.165, 1.54) is 4.57 Å². The number of rotatable bonds is 3. The lowest BCUT2D eigenvalue weighted by Crippen LogP contribution is -2.36. The summed E-state index contributed by atoms with van der Waals surface area (Å²) >= 11 is 6.84. The molecule has 29 heavy (non-hydrogen) atoms. The van der Waals surface area contributed by atoms with Crippen LogP contribution < -0.4 is 5.56 Å². The van der Waals surface area contributed by atoms with Gasteiger partial charge in [-0.15, -0.1) is 0 Å². The van der Waals surface area contributed by atoms with Crippen molar-refractivity contribution in [3.05, 3.63) is 61.8 Å². The molecule has 4 rings (SSSR count). The first kappa shape index (κ1) is 19.7. The van der Waals surface area contributed by atoms with Gasteiger partial charge in [0.15, 0.2) is 0 Å². The molecule has 2 amide bonds. The molecule has 0 fully saturated rings. The molecule has 0 bridgehead atoms. The summed E-state index contributed by atoms with van der Waals surface area (Å²) in [6.45, 7) is 1.33. The molecule has 0 N–H and O–H groups in total. The minimum atomic E-state index is -0.582. The fraction of sp³-hybridized carbons (Fsp3) is 0.150. The molecule has 3 aromatic rings. The SMILES string of the molecule is CC1=NN(C(=O)Cn2c(-c3ccccc3)nc3c(Br)cc(Br)cc3c2=O)C(=O)C1. The maximum Gasteiger partial charge on any atom is 0.270 e. The molecular formula is C20H14Br2N4O3. The zero-order chi connectivity index (χ0) is 20.7. The molecule has 0 saturated heterocycles. The van der Waals surface area contributed by atoms with E-state index < -0.39 is 11.8 Å². The lowest BCUT2D eigenvalue weighted by Gasteiger charge is -2.16. The van der Waals surface area contributed by atoms with E-state index in [4.69, 9.17) is 0 Å². The van der Waals surface area contributed by atoms with Crippen LogP contribution in [0.5, 0.6) is 0 Å². The molecule has 9 heteroatoms. The second-order valence-electron chi connectivity index (χ2n) is 6.59. The first-order valence-electron chi connectivity index (χ1n) is 8.70. The zero-order valence-electron chi connectivity index (χ0n) is 15.2. The van der Waals surface area contributed by atoms with Crippen LogP contribution in [0.1, 0.15) is 13.3 Å². The summed E-state index contributed by atoms with van der Waals surface area (Å²) in [5.74, 6) is -0.644. The normalized spacial score (nSPS) is 13.8. The van der Waals surface area contributed by atoms with Gasteiger partial charge in [0.05, 0.1) is 17.3 Å². The number of hydrogen-bond acceptors (Lipinski definition) is 5. The third-order valence-corrected chi connectivity index (χ3v) is 5.52. The maximum absolute atomic E-state index is 13.3. The van der Waals surface area contributed by atoms with Gasteiger partial charge >= 0.3 is 0 Å². The Morgan fingerprint density at radius 3 is 2.52 bits per heavy atom.